The van der Waals surface area contributed by atoms with Crippen LogP contribution in [0.25, 0.3) is 116 Å². The first kappa shape index (κ1) is 35.2. The standard InChI is InChI=1S/C58H37N5/c1-4-16-38(17-5-1)39-28-30-41(31-29-39)58-59-50(40-18-6-2-7-19-40)37-55(60-58)63-53-27-15-11-23-45(53)48-34-33-47-44-22-10-14-26-52(44)62(56(47)57(48)63)43-32-35-54-49(36-43)46-24-12-13-25-51(46)61(54)42-20-8-3-9-21-42/h1-37H. The van der Waals surface area contributed by atoms with Crippen LogP contribution in [0.15, 0.2) is 224 Å². The van der Waals surface area contributed by atoms with Crippen LogP contribution in [0.4, 0.5) is 0 Å². The summed E-state index contributed by atoms with van der Waals surface area (Å²) < 4.78 is 7.22. The summed E-state index contributed by atoms with van der Waals surface area (Å²) in [4.78, 5) is 10.7. The summed E-state index contributed by atoms with van der Waals surface area (Å²) in [6.45, 7) is 0. The molecule has 0 spiro atoms. The van der Waals surface area contributed by atoms with Gasteiger partial charge in [0.15, 0.2) is 5.82 Å². The van der Waals surface area contributed by atoms with Crippen LogP contribution in [-0.4, -0.2) is 23.7 Å². The Morgan fingerprint density at radius 1 is 0.270 bits per heavy atom. The molecule has 13 aromatic rings. The maximum absolute atomic E-state index is 5.48. The molecule has 0 aliphatic heterocycles. The summed E-state index contributed by atoms with van der Waals surface area (Å²) >= 11 is 0. The molecule has 0 N–H and O–H groups in total. The quantitative estimate of drug-likeness (QED) is 0.168. The van der Waals surface area contributed by atoms with Gasteiger partial charge in [0.1, 0.15) is 5.82 Å². The van der Waals surface area contributed by atoms with Crippen molar-refractivity contribution >= 4 is 65.4 Å². The molecule has 4 heterocycles. The molecule has 4 aromatic heterocycles. The number of fused-ring (bicyclic) bond motifs is 10. The third-order valence-electron chi connectivity index (χ3n) is 12.7. The van der Waals surface area contributed by atoms with Crippen molar-refractivity contribution in [2.75, 3.05) is 0 Å². The van der Waals surface area contributed by atoms with Crippen LogP contribution < -0.4 is 0 Å². The number of benzene rings is 9. The number of hydrogen-bond acceptors (Lipinski definition) is 2. The molecule has 0 fully saturated rings. The monoisotopic (exact) mass is 803 g/mol. The van der Waals surface area contributed by atoms with E-state index < -0.39 is 0 Å². The fraction of sp³-hybridized carbons (Fsp3) is 0. The average molecular weight is 804 g/mol. The second-order valence-corrected chi connectivity index (χ2v) is 16.2. The van der Waals surface area contributed by atoms with Crippen molar-refractivity contribution in [2.24, 2.45) is 0 Å². The molecule has 0 saturated carbocycles. The van der Waals surface area contributed by atoms with Crippen molar-refractivity contribution in [2.45, 2.75) is 0 Å². The van der Waals surface area contributed by atoms with Crippen LogP contribution >= 0.6 is 0 Å². The van der Waals surface area contributed by atoms with Gasteiger partial charge in [-0.15, -0.1) is 0 Å². The van der Waals surface area contributed by atoms with E-state index in [0.717, 1.165) is 67.0 Å². The SMILES string of the molecule is c1ccc(-c2ccc(-c3nc(-c4ccccc4)cc(-n4c5ccccc5c5ccc6c7ccccc7n(-c7ccc8c(c7)c7ccccc7n8-c7ccccc7)c6c54)n3)cc2)cc1. The normalized spacial score (nSPS) is 11.8. The first-order chi connectivity index (χ1) is 31.3. The number of rotatable bonds is 6. The van der Waals surface area contributed by atoms with E-state index in [1.165, 1.54) is 43.5 Å². The molecular weight excluding hydrogens is 767 g/mol. The van der Waals surface area contributed by atoms with E-state index in [1.54, 1.807) is 0 Å². The molecular formula is C58H37N5. The van der Waals surface area contributed by atoms with E-state index in [-0.39, 0.29) is 0 Å². The zero-order chi connectivity index (χ0) is 41.4. The van der Waals surface area contributed by atoms with E-state index in [2.05, 4.69) is 232 Å². The molecule has 63 heavy (non-hydrogen) atoms. The van der Waals surface area contributed by atoms with Gasteiger partial charge in [0, 0.05) is 60.9 Å². The zero-order valence-electron chi connectivity index (χ0n) is 34.1. The third-order valence-corrected chi connectivity index (χ3v) is 12.7. The van der Waals surface area contributed by atoms with Gasteiger partial charge in [-0.25, -0.2) is 9.97 Å². The lowest BCUT2D eigenvalue weighted by Crippen LogP contribution is -2.04. The Balaban J connectivity index is 1.11. The minimum Gasteiger partial charge on any atom is -0.309 e. The number of para-hydroxylation sites is 4. The molecule has 0 radical (unpaired) electrons. The molecule has 5 nitrogen and oxygen atoms in total. The van der Waals surface area contributed by atoms with Crippen LogP contribution in [0.5, 0.6) is 0 Å². The van der Waals surface area contributed by atoms with Gasteiger partial charge >= 0.3 is 0 Å². The van der Waals surface area contributed by atoms with E-state index >= 15 is 0 Å². The summed E-state index contributed by atoms with van der Waals surface area (Å²) in [5, 5.41) is 7.14. The van der Waals surface area contributed by atoms with E-state index in [4.69, 9.17) is 9.97 Å². The fourth-order valence-electron chi connectivity index (χ4n) is 9.84. The van der Waals surface area contributed by atoms with Crippen molar-refractivity contribution in [3.8, 4) is 51.0 Å². The topological polar surface area (TPSA) is 40.6 Å². The smallest absolute Gasteiger partial charge is 0.162 e. The number of aromatic nitrogens is 5. The predicted molar refractivity (Wildman–Crippen MR) is 261 cm³/mol. The third kappa shape index (κ3) is 5.50. The summed E-state index contributed by atoms with van der Waals surface area (Å²) in [5.41, 5.74) is 14.2. The molecule has 0 saturated heterocycles. The van der Waals surface area contributed by atoms with Crippen molar-refractivity contribution in [1.82, 2.24) is 23.7 Å². The molecule has 294 valence electrons. The molecule has 0 atom stereocenters. The van der Waals surface area contributed by atoms with Crippen LogP contribution in [0.3, 0.4) is 0 Å². The first-order valence-corrected chi connectivity index (χ1v) is 21.4. The number of nitrogens with zero attached hydrogens (tertiary/aromatic N) is 5. The highest BCUT2D eigenvalue weighted by molar-refractivity contribution is 6.24. The van der Waals surface area contributed by atoms with Gasteiger partial charge in [-0.2, -0.15) is 0 Å². The van der Waals surface area contributed by atoms with Gasteiger partial charge in [-0.3, -0.25) is 4.57 Å². The highest BCUT2D eigenvalue weighted by atomic mass is 15.1. The highest BCUT2D eigenvalue weighted by Gasteiger charge is 2.23. The van der Waals surface area contributed by atoms with Gasteiger partial charge in [-0.1, -0.05) is 170 Å². The van der Waals surface area contributed by atoms with Crippen molar-refractivity contribution in [1.29, 1.82) is 0 Å². The van der Waals surface area contributed by atoms with E-state index in [0.29, 0.717) is 5.82 Å². The van der Waals surface area contributed by atoms with Crippen molar-refractivity contribution < 1.29 is 0 Å². The number of hydrogen-bond donors (Lipinski definition) is 0. The molecule has 0 amide bonds. The molecule has 0 aliphatic rings. The summed E-state index contributed by atoms with van der Waals surface area (Å²) in [6.07, 6.45) is 0. The highest BCUT2D eigenvalue weighted by Crippen LogP contribution is 2.43. The van der Waals surface area contributed by atoms with Crippen molar-refractivity contribution in [3.63, 3.8) is 0 Å². The Hall–Kier alpha value is -8.54. The molecule has 0 unspecified atom stereocenters. The van der Waals surface area contributed by atoms with Gasteiger partial charge in [0.25, 0.3) is 0 Å². The Morgan fingerprint density at radius 3 is 1.40 bits per heavy atom. The molecule has 5 heteroatoms. The minimum absolute atomic E-state index is 0.671. The summed E-state index contributed by atoms with van der Waals surface area (Å²) in [7, 11) is 0. The van der Waals surface area contributed by atoms with Crippen LogP contribution in [0.2, 0.25) is 0 Å². The Morgan fingerprint density at radius 2 is 0.746 bits per heavy atom. The molecule has 13 rings (SSSR count). The van der Waals surface area contributed by atoms with Gasteiger partial charge < -0.3 is 9.13 Å². The van der Waals surface area contributed by atoms with Crippen LogP contribution in [0.1, 0.15) is 0 Å². The summed E-state index contributed by atoms with van der Waals surface area (Å²) in [5.74, 6) is 1.48. The summed E-state index contributed by atoms with van der Waals surface area (Å²) in [6, 6.07) is 80.2. The Bertz CT molecular complexity index is 3880. The zero-order valence-corrected chi connectivity index (χ0v) is 34.1. The van der Waals surface area contributed by atoms with Crippen LogP contribution in [-0.2, 0) is 0 Å². The van der Waals surface area contributed by atoms with Gasteiger partial charge in [0.05, 0.1) is 38.8 Å². The van der Waals surface area contributed by atoms with Crippen molar-refractivity contribution in [3.05, 3.63) is 224 Å². The van der Waals surface area contributed by atoms with E-state index in [9.17, 15) is 0 Å². The maximum Gasteiger partial charge on any atom is 0.162 e. The average Bonchev–Trinajstić information content (AvgIpc) is 4.00. The largest absolute Gasteiger partial charge is 0.309 e. The molecule has 0 aliphatic carbocycles. The second kappa shape index (κ2) is 14.0. The lowest BCUT2D eigenvalue weighted by atomic mass is 10.0. The van der Waals surface area contributed by atoms with Gasteiger partial charge in [0.2, 0.25) is 0 Å². The minimum atomic E-state index is 0.671. The van der Waals surface area contributed by atoms with Gasteiger partial charge in [-0.05, 0) is 59.7 Å². The second-order valence-electron chi connectivity index (χ2n) is 16.2. The van der Waals surface area contributed by atoms with E-state index in [1.807, 2.05) is 6.07 Å². The Kier molecular flexibility index (Phi) is 7.84. The lowest BCUT2D eigenvalue weighted by molar-refractivity contribution is 1.05. The fourth-order valence-corrected chi connectivity index (χ4v) is 9.84. The molecule has 9 aromatic carbocycles. The predicted octanol–water partition coefficient (Wildman–Crippen LogP) is 14.8. The first-order valence-electron chi connectivity index (χ1n) is 21.4. The molecule has 0 bridgehead atoms. The Labute approximate surface area is 363 Å². The maximum atomic E-state index is 5.48. The lowest BCUT2D eigenvalue weighted by Gasteiger charge is -2.14. The van der Waals surface area contributed by atoms with Crippen LogP contribution in [0, 0.1) is 0 Å².